The van der Waals surface area contributed by atoms with E-state index in [-0.39, 0.29) is 11.3 Å². The minimum atomic E-state index is -0.375. The third-order valence-electron chi connectivity index (χ3n) is 5.45. The molecule has 0 radical (unpaired) electrons. The minimum Gasteiger partial charge on any atom is -0.346 e. The Hall–Kier alpha value is -2.62. The fourth-order valence-corrected chi connectivity index (χ4v) is 3.48. The Bertz CT molecular complexity index is 936. The average molecular weight is 319 g/mol. The van der Waals surface area contributed by atoms with Gasteiger partial charge >= 0.3 is 0 Å². The largest absolute Gasteiger partial charge is 0.346 e. The molecule has 1 aliphatic rings. The standard InChI is InChI=1S/C20H21N3O/c1-13-14(2)23(3)17-12-21-18(11-16(13)17)22-19(24)20(9-10-20)15-7-5-4-6-8-15/h4-8,11-12H,9-10H2,1-3H3,(H,21,22,24). The molecule has 2 heterocycles. The molecule has 1 aromatic carbocycles. The van der Waals surface area contributed by atoms with Gasteiger partial charge in [-0.1, -0.05) is 30.3 Å². The van der Waals surface area contributed by atoms with Crippen molar-refractivity contribution in [2.45, 2.75) is 32.1 Å². The van der Waals surface area contributed by atoms with E-state index in [0.717, 1.165) is 29.3 Å². The van der Waals surface area contributed by atoms with Gasteiger partial charge in [0.05, 0.1) is 17.1 Å². The van der Waals surface area contributed by atoms with Crippen LogP contribution in [0.2, 0.25) is 0 Å². The quantitative estimate of drug-likeness (QED) is 0.797. The third-order valence-corrected chi connectivity index (χ3v) is 5.45. The number of amides is 1. The van der Waals surface area contributed by atoms with Crippen molar-refractivity contribution >= 4 is 22.6 Å². The van der Waals surface area contributed by atoms with Gasteiger partial charge in [-0.25, -0.2) is 4.98 Å². The lowest BCUT2D eigenvalue weighted by Gasteiger charge is -2.15. The number of carbonyl (C=O) groups is 1. The molecule has 0 spiro atoms. The number of benzene rings is 1. The molecule has 2 aromatic heterocycles. The molecule has 3 aromatic rings. The highest BCUT2D eigenvalue weighted by Gasteiger charge is 2.51. The number of aromatic nitrogens is 2. The van der Waals surface area contributed by atoms with E-state index in [1.165, 1.54) is 11.3 Å². The van der Waals surface area contributed by atoms with Crippen LogP contribution in [-0.2, 0) is 17.3 Å². The highest BCUT2D eigenvalue weighted by atomic mass is 16.2. The van der Waals surface area contributed by atoms with Crippen LogP contribution in [0.1, 0.15) is 29.7 Å². The van der Waals surface area contributed by atoms with Crippen LogP contribution in [0.25, 0.3) is 10.9 Å². The zero-order chi connectivity index (χ0) is 16.9. The van der Waals surface area contributed by atoms with Crippen LogP contribution in [0.4, 0.5) is 5.82 Å². The van der Waals surface area contributed by atoms with E-state index in [1.807, 2.05) is 49.6 Å². The number of pyridine rings is 1. The van der Waals surface area contributed by atoms with Gasteiger partial charge in [0.15, 0.2) is 0 Å². The number of hydrogen-bond acceptors (Lipinski definition) is 2. The van der Waals surface area contributed by atoms with E-state index in [9.17, 15) is 4.79 Å². The monoisotopic (exact) mass is 319 g/mol. The lowest BCUT2D eigenvalue weighted by Crippen LogP contribution is -2.28. The number of rotatable bonds is 3. The number of carbonyl (C=O) groups excluding carboxylic acids is 1. The second-order valence-electron chi connectivity index (χ2n) is 6.76. The van der Waals surface area contributed by atoms with Crippen molar-refractivity contribution < 1.29 is 4.79 Å². The highest BCUT2D eigenvalue weighted by Crippen LogP contribution is 2.48. The van der Waals surface area contributed by atoms with Gasteiger partial charge in [-0.2, -0.15) is 0 Å². The summed E-state index contributed by atoms with van der Waals surface area (Å²) in [7, 11) is 2.04. The predicted octanol–water partition coefficient (Wildman–Crippen LogP) is 3.86. The molecule has 1 N–H and O–H groups in total. The Labute approximate surface area is 141 Å². The Morgan fingerprint density at radius 1 is 1.21 bits per heavy atom. The van der Waals surface area contributed by atoms with Gasteiger partial charge < -0.3 is 9.88 Å². The summed E-state index contributed by atoms with van der Waals surface area (Å²) in [5.74, 6) is 0.675. The van der Waals surface area contributed by atoms with Crippen LogP contribution < -0.4 is 5.32 Å². The predicted molar refractivity (Wildman–Crippen MR) is 96.2 cm³/mol. The number of nitrogens with zero attached hydrogens (tertiary/aromatic N) is 2. The SMILES string of the molecule is Cc1c(C)n(C)c2cnc(NC(=O)C3(c4ccccc4)CC3)cc12. The maximum absolute atomic E-state index is 12.8. The zero-order valence-corrected chi connectivity index (χ0v) is 14.3. The van der Waals surface area contributed by atoms with Crippen LogP contribution >= 0.6 is 0 Å². The van der Waals surface area contributed by atoms with E-state index < -0.39 is 0 Å². The fraction of sp³-hybridized carbons (Fsp3) is 0.300. The van der Waals surface area contributed by atoms with Crippen molar-refractivity contribution in [1.29, 1.82) is 0 Å². The minimum absolute atomic E-state index is 0.0471. The van der Waals surface area contributed by atoms with Crippen molar-refractivity contribution in [2.75, 3.05) is 5.32 Å². The Kier molecular flexibility index (Phi) is 3.23. The first-order valence-corrected chi connectivity index (χ1v) is 8.31. The molecule has 0 aliphatic heterocycles. The van der Waals surface area contributed by atoms with E-state index >= 15 is 0 Å². The lowest BCUT2D eigenvalue weighted by molar-refractivity contribution is -0.118. The topological polar surface area (TPSA) is 46.9 Å². The molecule has 1 amide bonds. The van der Waals surface area contributed by atoms with Gasteiger partial charge in [-0.15, -0.1) is 0 Å². The summed E-state index contributed by atoms with van der Waals surface area (Å²) in [4.78, 5) is 17.3. The molecule has 1 aliphatic carbocycles. The summed E-state index contributed by atoms with van der Waals surface area (Å²) in [6.45, 7) is 4.21. The molecule has 0 unspecified atom stereocenters. The van der Waals surface area contributed by atoms with Crippen molar-refractivity contribution in [3.63, 3.8) is 0 Å². The molecule has 0 atom stereocenters. The van der Waals surface area contributed by atoms with Crippen LogP contribution in [-0.4, -0.2) is 15.5 Å². The van der Waals surface area contributed by atoms with Gasteiger partial charge in [-0.3, -0.25) is 4.79 Å². The molecule has 122 valence electrons. The smallest absolute Gasteiger partial charge is 0.236 e. The van der Waals surface area contributed by atoms with Crippen LogP contribution in [0.15, 0.2) is 42.6 Å². The molecule has 4 rings (SSSR count). The molecule has 1 fully saturated rings. The lowest BCUT2D eigenvalue weighted by atomic mass is 9.95. The second-order valence-corrected chi connectivity index (χ2v) is 6.76. The first-order valence-electron chi connectivity index (χ1n) is 8.31. The molecule has 0 bridgehead atoms. The van der Waals surface area contributed by atoms with Gasteiger partial charge in [0, 0.05) is 18.1 Å². The van der Waals surface area contributed by atoms with Crippen molar-refractivity contribution in [1.82, 2.24) is 9.55 Å². The molecule has 4 heteroatoms. The Morgan fingerprint density at radius 3 is 2.58 bits per heavy atom. The Balaban J connectivity index is 1.65. The maximum Gasteiger partial charge on any atom is 0.236 e. The first kappa shape index (κ1) is 14.9. The summed E-state index contributed by atoms with van der Waals surface area (Å²) in [6.07, 6.45) is 3.64. The summed E-state index contributed by atoms with van der Waals surface area (Å²) in [6, 6.07) is 12.0. The van der Waals surface area contributed by atoms with E-state index in [0.29, 0.717) is 5.82 Å². The highest BCUT2D eigenvalue weighted by molar-refractivity contribution is 6.02. The van der Waals surface area contributed by atoms with Crippen LogP contribution in [0, 0.1) is 13.8 Å². The summed E-state index contributed by atoms with van der Waals surface area (Å²) < 4.78 is 2.13. The molecule has 4 nitrogen and oxygen atoms in total. The molecule has 0 saturated heterocycles. The van der Waals surface area contributed by atoms with E-state index in [4.69, 9.17) is 0 Å². The van der Waals surface area contributed by atoms with E-state index in [2.05, 4.69) is 28.7 Å². The number of anilines is 1. The fourth-order valence-electron chi connectivity index (χ4n) is 3.48. The maximum atomic E-state index is 12.8. The number of hydrogen-bond donors (Lipinski definition) is 1. The van der Waals surface area contributed by atoms with E-state index in [1.54, 1.807) is 0 Å². The second kappa shape index (κ2) is 5.20. The molecule has 1 saturated carbocycles. The number of fused-ring (bicyclic) bond motifs is 1. The van der Waals surface area contributed by atoms with Gasteiger partial charge in [0.25, 0.3) is 0 Å². The van der Waals surface area contributed by atoms with Gasteiger partial charge in [0.1, 0.15) is 5.82 Å². The molecule has 24 heavy (non-hydrogen) atoms. The van der Waals surface area contributed by atoms with Crippen LogP contribution in [0.3, 0.4) is 0 Å². The van der Waals surface area contributed by atoms with Gasteiger partial charge in [-0.05, 0) is 43.9 Å². The van der Waals surface area contributed by atoms with Crippen molar-refractivity contribution in [3.8, 4) is 0 Å². The van der Waals surface area contributed by atoms with Crippen LogP contribution in [0.5, 0.6) is 0 Å². The average Bonchev–Trinajstić information content (AvgIpc) is 3.39. The van der Waals surface area contributed by atoms with Crippen molar-refractivity contribution in [3.05, 3.63) is 59.4 Å². The third kappa shape index (κ3) is 2.13. The normalized spacial score (nSPS) is 15.5. The molecular formula is C20H21N3O. The van der Waals surface area contributed by atoms with Gasteiger partial charge in [0.2, 0.25) is 5.91 Å². The first-order chi connectivity index (χ1) is 11.5. The zero-order valence-electron chi connectivity index (χ0n) is 14.3. The number of aryl methyl sites for hydroxylation is 2. The summed E-state index contributed by atoms with van der Waals surface area (Å²) >= 11 is 0. The molecular weight excluding hydrogens is 298 g/mol. The summed E-state index contributed by atoms with van der Waals surface area (Å²) in [5, 5.41) is 4.18. The van der Waals surface area contributed by atoms with Crippen molar-refractivity contribution in [2.24, 2.45) is 7.05 Å². The Morgan fingerprint density at radius 2 is 1.92 bits per heavy atom. The summed E-state index contributed by atoms with van der Waals surface area (Å²) in [5.41, 5.74) is 4.26. The number of nitrogens with one attached hydrogen (secondary N) is 1.